The van der Waals surface area contributed by atoms with Crippen LogP contribution in [0, 0.1) is 0 Å². The summed E-state index contributed by atoms with van der Waals surface area (Å²) in [5, 5.41) is 76.2. The van der Waals surface area contributed by atoms with Crippen molar-refractivity contribution in [2.24, 2.45) is 0 Å². The Morgan fingerprint density at radius 1 is 0.479 bits per heavy atom. The van der Waals surface area contributed by atoms with E-state index in [2.05, 4.69) is 55.6 Å². The van der Waals surface area contributed by atoms with Crippen molar-refractivity contribution in [2.75, 3.05) is 13.2 Å². The van der Waals surface area contributed by atoms with Gasteiger partial charge in [0, 0.05) is 0 Å². The van der Waals surface area contributed by atoms with E-state index in [1.54, 1.807) is 0 Å². The lowest BCUT2D eigenvalue weighted by Gasteiger charge is -2.40. The third-order valence-corrected chi connectivity index (χ3v) is 14.9. The molecule has 11 nitrogen and oxygen atoms in total. The number of aliphatic hydroxyl groups is 7. The summed E-state index contributed by atoms with van der Waals surface area (Å²) < 4.78 is 11.1. The number of amides is 1. The van der Waals surface area contributed by atoms with Crippen molar-refractivity contribution >= 4 is 5.91 Å². The first-order chi connectivity index (χ1) is 35.7. The van der Waals surface area contributed by atoms with E-state index in [1.165, 1.54) is 193 Å². The number of allylic oxidation sites excluding steroid dienone is 6. The predicted octanol–water partition coefficient (Wildman–Crippen LogP) is 13.5. The van der Waals surface area contributed by atoms with Gasteiger partial charge in [-0.05, 0) is 70.6 Å². The quantitative estimate of drug-likeness (QED) is 0.0215. The summed E-state index contributed by atoms with van der Waals surface area (Å²) in [4.78, 5) is 13.2. The van der Waals surface area contributed by atoms with Gasteiger partial charge in [-0.2, -0.15) is 0 Å². The number of carbonyl (C=O) groups excluding carboxylic acids is 1. The zero-order valence-electron chi connectivity index (χ0n) is 47.1. The molecule has 9 atom stereocenters. The molecule has 1 aliphatic heterocycles. The lowest BCUT2D eigenvalue weighted by atomic mass is 9.98. The second-order valence-electron chi connectivity index (χ2n) is 21.8. The summed E-state index contributed by atoms with van der Waals surface area (Å²) in [5.74, 6) is -0.706. The molecule has 1 amide bonds. The van der Waals surface area contributed by atoms with Gasteiger partial charge >= 0.3 is 0 Å². The van der Waals surface area contributed by atoms with Crippen molar-refractivity contribution in [3.05, 3.63) is 36.5 Å². The number of hydrogen-bond acceptors (Lipinski definition) is 10. The number of hydrogen-bond donors (Lipinski definition) is 8. The van der Waals surface area contributed by atoms with Crippen LogP contribution in [0.3, 0.4) is 0 Å². The normalized spacial score (nSPS) is 20.2. The summed E-state index contributed by atoms with van der Waals surface area (Å²) in [7, 11) is 0. The molecule has 0 bridgehead atoms. The summed E-state index contributed by atoms with van der Waals surface area (Å²) in [6.45, 7) is 3.47. The van der Waals surface area contributed by atoms with Gasteiger partial charge in [0.1, 0.15) is 36.6 Å². The van der Waals surface area contributed by atoms with Crippen LogP contribution < -0.4 is 5.32 Å². The van der Waals surface area contributed by atoms with Crippen molar-refractivity contribution in [3.63, 3.8) is 0 Å². The average Bonchev–Trinajstić information content (AvgIpc) is 3.39. The molecule has 1 fully saturated rings. The molecular weight excluding hydrogens is 919 g/mol. The third kappa shape index (κ3) is 39.4. The Morgan fingerprint density at radius 2 is 0.849 bits per heavy atom. The summed E-state index contributed by atoms with van der Waals surface area (Å²) in [5.41, 5.74) is 0. The van der Waals surface area contributed by atoms with E-state index in [4.69, 9.17) is 9.47 Å². The Hall–Kier alpha value is -1.67. The predicted molar refractivity (Wildman–Crippen MR) is 302 cm³/mol. The van der Waals surface area contributed by atoms with Crippen LogP contribution in [-0.2, 0) is 14.3 Å². The fourth-order valence-corrected chi connectivity index (χ4v) is 9.89. The molecule has 0 radical (unpaired) electrons. The molecule has 430 valence electrons. The zero-order chi connectivity index (χ0) is 53.3. The van der Waals surface area contributed by atoms with Crippen LogP contribution in [-0.4, -0.2) is 110 Å². The number of unbranched alkanes of at least 4 members (excludes halogenated alkanes) is 35. The highest BCUT2D eigenvalue weighted by Gasteiger charge is 2.44. The van der Waals surface area contributed by atoms with Gasteiger partial charge in [-0.1, -0.05) is 249 Å². The van der Waals surface area contributed by atoms with Gasteiger partial charge in [0.15, 0.2) is 6.29 Å². The Kier molecular flexibility index (Phi) is 48.5. The first-order valence-electron chi connectivity index (χ1n) is 30.9. The molecule has 1 saturated heterocycles. The molecule has 1 heterocycles. The van der Waals surface area contributed by atoms with Crippen molar-refractivity contribution in [2.45, 2.75) is 339 Å². The first kappa shape index (κ1) is 69.3. The van der Waals surface area contributed by atoms with Crippen LogP contribution in [0.4, 0.5) is 0 Å². The molecule has 1 aliphatic rings. The Bertz CT molecular complexity index is 1280. The van der Waals surface area contributed by atoms with Crippen molar-refractivity contribution in [1.29, 1.82) is 0 Å². The van der Waals surface area contributed by atoms with Gasteiger partial charge in [-0.3, -0.25) is 4.79 Å². The highest BCUT2D eigenvalue weighted by molar-refractivity contribution is 5.80. The molecule has 0 aromatic heterocycles. The molecule has 0 aromatic rings. The lowest BCUT2D eigenvalue weighted by molar-refractivity contribution is -0.303. The van der Waals surface area contributed by atoms with Gasteiger partial charge in [0.2, 0.25) is 5.91 Å². The van der Waals surface area contributed by atoms with E-state index >= 15 is 0 Å². The zero-order valence-corrected chi connectivity index (χ0v) is 47.1. The van der Waals surface area contributed by atoms with E-state index < -0.39 is 74.2 Å². The summed E-state index contributed by atoms with van der Waals surface area (Å²) in [6, 6.07) is -1.19. The van der Waals surface area contributed by atoms with Gasteiger partial charge in [-0.25, -0.2) is 0 Å². The van der Waals surface area contributed by atoms with Crippen LogP contribution in [0.25, 0.3) is 0 Å². The molecular formula is C62H117NO10. The van der Waals surface area contributed by atoms with E-state index in [1.807, 2.05) is 0 Å². The summed E-state index contributed by atoms with van der Waals surface area (Å²) in [6.07, 6.45) is 52.0. The second-order valence-corrected chi connectivity index (χ2v) is 21.8. The smallest absolute Gasteiger partial charge is 0.249 e. The van der Waals surface area contributed by atoms with Gasteiger partial charge in [0.05, 0.1) is 25.4 Å². The highest BCUT2D eigenvalue weighted by atomic mass is 16.7. The number of nitrogens with one attached hydrogen (secondary N) is 1. The number of aliphatic hydroxyl groups excluding tert-OH is 7. The molecule has 8 N–H and O–H groups in total. The largest absolute Gasteiger partial charge is 0.394 e. The molecule has 9 unspecified atom stereocenters. The molecule has 11 heteroatoms. The van der Waals surface area contributed by atoms with Crippen molar-refractivity contribution in [1.82, 2.24) is 5.32 Å². The number of carbonyl (C=O) groups is 1. The topological polar surface area (TPSA) is 189 Å². The number of rotatable bonds is 53. The van der Waals surface area contributed by atoms with Crippen LogP contribution in [0.5, 0.6) is 0 Å². The minimum Gasteiger partial charge on any atom is -0.394 e. The fraction of sp³-hybridized carbons (Fsp3) is 0.887. The van der Waals surface area contributed by atoms with Crippen LogP contribution in [0.1, 0.15) is 284 Å². The second kappa shape index (κ2) is 51.1. The van der Waals surface area contributed by atoms with E-state index in [0.717, 1.165) is 51.4 Å². The van der Waals surface area contributed by atoms with Gasteiger partial charge in [-0.15, -0.1) is 0 Å². The monoisotopic (exact) mass is 1040 g/mol. The molecule has 0 aliphatic carbocycles. The standard InChI is InChI=1S/C62H117NO10/c1-3-5-7-9-11-13-15-17-19-21-23-25-26-27-28-29-30-32-34-36-38-40-42-44-46-48-50-55(66)61(71)63-53(52-72-62-60(70)59(69)58(68)56(51-64)73-62)57(67)54(65)49-47-45-43-41-39-37-35-33-31-24-22-20-18-16-14-12-10-8-6-4-2/h23,25,27-28,41,43,53-60,62,64-70H,3-22,24,26,29-40,42,44-52H2,1-2H3,(H,63,71)/b25-23-,28-27-,43-41+. The van der Waals surface area contributed by atoms with Crippen molar-refractivity contribution in [3.8, 4) is 0 Å². The van der Waals surface area contributed by atoms with E-state index in [-0.39, 0.29) is 12.8 Å². The summed E-state index contributed by atoms with van der Waals surface area (Å²) >= 11 is 0. The van der Waals surface area contributed by atoms with Crippen LogP contribution in [0.2, 0.25) is 0 Å². The highest BCUT2D eigenvalue weighted by Crippen LogP contribution is 2.23. The fourth-order valence-electron chi connectivity index (χ4n) is 9.89. The van der Waals surface area contributed by atoms with Gasteiger partial charge in [0.25, 0.3) is 0 Å². The minimum atomic E-state index is -1.67. The maximum absolute atomic E-state index is 13.2. The molecule has 0 saturated carbocycles. The lowest BCUT2D eigenvalue weighted by Crippen LogP contribution is -2.60. The molecule has 0 aromatic carbocycles. The van der Waals surface area contributed by atoms with Crippen LogP contribution in [0.15, 0.2) is 36.5 Å². The van der Waals surface area contributed by atoms with E-state index in [9.17, 15) is 40.5 Å². The molecule has 73 heavy (non-hydrogen) atoms. The Morgan fingerprint density at radius 3 is 1.26 bits per heavy atom. The SMILES string of the molecule is CCCCCCCCCCC/C=C\C/C=C\CCCCCCCCCCCCC(O)C(=O)NC(COC1OC(CO)C(O)C(O)C1O)C(O)C(O)CCC/C=C/CCCCCCCCCCCCCCCCC. The Labute approximate surface area is 447 Å². The van der Waals surface area contributed by atoms with Gasteiger partial charge < -0.3 is 50.5 Å². The first-order valence-corrected chi connectivity index (χ1v) is 30.9. The molecule has 0 spiro atoms. The number of ether oxygens (including phenoxy) is 2. The maximum atomic E-state index is 13.2. The minimum absolute atomic E-state index is 0.251. The average molecular weight is 1040 g/mol. The Balaban J connectivity index is 2.29. The van der Waals surface area contributed by atoms with Crippen LogP contribution >= 0.6 is 0 Å². The third-order valence-electron chi connectivity index (χ3n) is 14.9. The maximum Gasteiger partial charge on any atom is 0.249 e. The van der Waals surface area contributed by atoms with Crippen molar-refractivity contribution < 1.29 is 50.0 Å². The van der Waals surface area contributed by atoms with E-state index in [0.29, 0.717) is 12.8 Å². The molecule has 1 rings (SSSR count).